The summed E-state index contributed by atoms with van der Waals surface area (Å²) in [5, 5.41) is 0. The molecule has 0 heterocycles. The van der Waals surface area contributed by atoms with Crippen molar-refractivity contribution in [2.24, 2.45) is 0 Å². The molecule has 0 aliphatic carbocycles. The van der Waals surface area contributed by atoms with E-state index in [0.717, 1.165) is 0 Å². The van der Waals surface area contributed by atoms with E-state index in [0.29, 0.717) is 4.47 Å². The van der Waals surface area contributed by atoms with Crippen molar-refractivity contribution in [2.75, 3.05) is 6.61 Å². The lowest BCUT2D eigenvalue weighted by Crippen LogP contribution is -2.48. The lowest BCUT2D eigenvalue weighted by Gasteiger charge is -2.27. The Morgan fingerprint density at radius 1 is 1.12 bits per heavy atom. The summed E-state index contributed by atoms with van der Waals surface area (Å²) in [5.41, 5.74) is -1.27. The molecule has 0 saturated heterocycles. The molecule has 0 spiro atoms. The normalized spacial score (nSPS) is 14.2. The Kier molecular flexibility index (Phi) is 7.21. The molecule has 1 N–H and O–H groups in total. The zero-order valence-electron chi connectivity index (χ0n) is 15.4. The van der Waals surface area contributed by atoms with E-state index in [-0.39, 0.29) is 11.5 Å². The van der Waals surface area contributed by atoms with E-state index >= 15 is 0 Å². The van der Waals surface area contributed by atoms with Crippen molar-refractivity contribution in [3.05, 3.63) is 28.7 Å². The van der Waals surface area contributed by atoms with Crippen molar-refractivity contribution in [2.45, 2.75) is 63.7 Å². The molecule has 6 nitrogen and oxygen atoms in total. The highest BCUT2D eigenvalue weighted by Crippen LogP contribution is 2.22. The van der Waals surface area contributed by atoms with Crippen LogP contribution in [0.1, 0.15) is 41.5 Å². The molecule has 1 atom stereocenters. The van der Waals surface area contributed by atoms with E-state index in [9.17, 15) is 13.2 Å². The second-order valence-corrected chi connectivity index (χ2v) is 10.1. The molecule has 25 heavy (non-hydrogen) atoms. The number of hydrogen-bond acceptors (Lipinski definition) is 5. The van der Waals surface area contributed by atoms with Gasteiger partial charge in [0.05, 0.1) is 17.1 Å². The molecule has 0 aromatic heterocycles. The van der Waals surface area contributed by atoms with Crippen LogP contribution in [0.2, 0.25) is 0 Å². The van der Waals surface area contributed by atoms with Crippen LogP contribution >= 0.6 is 15.9 Å². The van der Waals surface area contributed by atoms with Crippen molar-refractivity contribution >= 4 is 31.9 Å². The Morgan fingerprint density at radius 2 is 1.68 bits per heavy atom. The van der Waals surface area contributed by atoms with E-state index in [1.54, 1.807) is 39.0 Å². The van der Waals surface area contributed by atoms with E-state index in [1.807, 2.05) is 20.8 Å². The highest BCUT2D eigenvalue weighted by atomic mass is 79.9. The third kappa shape index (κ3) is 7.85. The van der Waals surface area contributed by atoms with Crippen LogP contribution in [-0.2, 0) is 24.3 Å². The number of carbonyl (C=O) groups is 1. The zero-order valence-corrected chi connectivity index (χ0v) is 17.8. The number of hydrogen-bond donors (Lipinski definition) is 1. The fourth-order valence-electron chi connectivity index (χ4n) is 1.77. The smallest absolute Gasteiger partial charge is 0.327 e. The number of sulfonamides is 1. The second-order valence-electron chi connectivity index (χ2n) is 7.56. The molecule has 0 fully saturated rings. The number of ether oxygens (including phenoxy) is 2. The largest absolute Gasteiger partial charge is 0.459 e. The van der Waals surface area contributed by atoms with Crippen molar-refractivity contribution in [1.29, 1.82) is 0 Å². The minimum Gasteiger partial charge on any atom is -0.459 e. The molecule has 8 heteroatoms. The predicted molar refractivity (Wildman–Crippen MR) is 99.8 cm³/mol. The van der Waals surface area contributed by atoms with Gasteiger partial charge in [-0.1, -0.05) is 12.1 Å². The SMILES string of the molecule is CC(C)(C)OCC(NS(=O)(=O)c1ccccc1Br)C(=O)OC(C)(C)C. The van der Waals surface area contributed by atoms with Gasteiger partial charge in [-0.2, -0.15) is 4.72 Å². The van der Waals surface area contributed by atoms with E-state index in [4.69, 9.17) is 9.47 Å². The van der Waals surface area contributed by atoms with E-state index in [2.05, 4.69) is 20.7 Å². The van der Waals surface area contributed by atoms with Gasteiger partial charge < -0.3 is 9.47 Å². The lowest BCUT2D eigenvalue weighted by molar-refractivity contribution is -0.159. The van der Waals surface area contributed by atoms with Crippen LogP contribution in [0.4, 0.5) is 0 Å². The van der Waals surface area contributed by atoms with Gasteiger partial charge in [-0.05, 0) is 69.6 Å². The highest BCUT2D eigenvalue weighted by Gasteiger charge is 2.32. The fraction of sp³-hybridized carbons (Fsp3) is 0.588. The molecule has 0 radical (unpaired) electrons. The number of benzene rings is 1. The molecule has 0 amide bonds. The number of nitrogens with one attached hydrogen (secondary N) is 1. The third-order valence-electron chi connectivity index (χ3n) is 2.80. The van der Waals surface area contributed by atoms with Gasteiger partial charge >= 0.3 is 5.97 Å². The first kappa shape index (κ1) is 22.1. The van der Waals surface area contributed by atoms with Crippen molar-refractivity contribution in [1.82, 2.24) is 4.72 Å². The quantitative estimate of drug-likeness (QED) is 0.693. The predicted octanol–water partition coefficient (Wildman–Crippen LogP) is 3.25. The minimum absolute atomic E-state index is 0.0410. The van der Waals surface area contributed by atoms with Crippen molar-refractivity contribution in [3.63, 3.8) is 0 Å². The Labute approximate surface area is 158 Å². The summed E-state index contributed by atoms with van der Waals surface area (Å²) in [6.07, 6.45) is 0. The molecule has 1 rings (SSSR count). The van der Waals surface area contributed by atoms with Gasteiger partial charge in [-0.25, -0.2) is 8.42 Å². The van der Waals surface area contributed by atoms with Gasteiger partial charge in [0.1, 0.15) is 11.6 Å². The first-order valence-corrected chi connectivity index (χ1v) is 10.1. The number of esters is 1. The molecule has 1 aromatic rings. The van der Waals surface area contributed by atoms with Gasteiger partial charge in [0.25, 0.3) is 0 Å². The van der Waals surface area contributed by atoms with Gasteiger partial charge in [-0.15, -0.1) is 0 Å². The van der Waals surface area contributed by atoms with E-state index in [1.165, 1.54) is 6.07 Å². The average Bonchev–Trinajstić information content (AvgIpc) is 2.40. The van der Waals surface area contributed by atoms with Gasteiger partial charge in [0.15, 0.2) is 0 Å². The first-order valence-electron chi connectivity index (χ1n) is 7.85. The van der Waals surface area contributed by atoms with Crippen LogP contribution in [0, 0.1) is 0 Å². The molecule has 0 aliphatic rings. The standard InChI is InChI=1S/C17H26BrNO5S/c1-16(2,3)23-11-13(15(20)24-17(4,5)6)19-25(21,22)14-10-8-7-9-12(14)18/h7-10,13,19H,11H2,1-6H3. The summed E-state index contributed by atoms with van der Waals surface area (Å²) in [4.78, 5) is 12.5. The summed E-state index contributed by atoms with van der Waals surface area (Å²) in [5.74, 6) is -0.688. The maximum atomic E-state index is 12.7. The molecule has 1 aromatic carbocycles. The van der Waals surface area contributed by atoms with Gasteiger partial charge in [-0.3, -0.25) is 4.79 Å². The van der Waals surface area contributed by atoms with Crippen LogP contribution in [0.25, 0.3) is 0 Å². The van der Waals surface area contributed by atoms with Crippen LogP contribution in [0.5, 0.6) is 0 Å². The summed E-state index contributed by atoms with van der Waals surface area (Å²) in [6.45, 7) is 10.5. The van der Waals surface area contributed by atoms with Crippen molar-refractivity contribution in [3.8, 4) is 0 Å². The fourth-order valence-corrected chi connectivity index (χ4v) is 3.94. The van der Waals surface area contributed by atoms with Crippen LogP contribution < -0.4 is 4.72 Å². The second kappa shape index (κ2) is 8.16. The monoisotopic (exact) mass is 435 g/mol. The highest BCUT2D eigenvalue weighted by molar-refractivity contribution is 9.10. The maximum absolute atomic E-state index is 12.7. The maximum Gasteiger partial charge on any atom is 0.327 e. The van der Waals surface area contributed by atoms with Crippen LogP contribution in [0.15, 0.2) is 33.6 Å². The Bertz CT molecular complexity index is 704. The first-order chi connectivity index (χ1) is 11.2. The molecule has 0 bridgehead atoms. The number of halogens is 1. The molecule has 142 valence electrons. The van der Waals surface area contributed by atoms with Gasteiger partial charge in [0, 0.05) is 4.47 Å². The Morgan fingerprint density at radius 3 is 2.16 bits per heavy atom. The van der Waals surface area contributed by atoms with Gasteiger partial charge in [0.2, 0.25) is 10.0 Å². The molecule has 0 saturated carbocycles. The Hall–Kier alpha value is -0.960. The summed E-state index contributed by atoms with van der Waals surface area (Å²) in [6, 6.07) is 5.21. The summed E-state index contributed by atoms with van der Waals surface area (Å²) in [7, 11) is -3.94. The molecular formula is C17H26BrNO5S. The minimum atomic E-state index is -3.94. The average molecular weight is 436 g/mol. The van der Waals surface area contributed by atoms with Crippen molar-refractivity contribution < 1.29 is 22.7 Å². The van der Waals surface area contributed by atoms with Crippen LogP contribution in [0.3, 0.4) is 0 Å². The molecular weight excluding hydrogens is 410 g/mol. The third-order valence-corrected chi connectivity index (χ3v) is 5.28. The topological polar surface area (TPSA) is 81.7 Å². The Balaban J connectivity index is 3.07. The summed E-state index contributed by atoms with van der Waals surface area (Å²) >= 11 is 3.21. The number of rotatable bonds is 6. The summed E-state index contributed by atoms with van der Waals surface area (Å²) < 4.78 is 39.0. The van der Waals surface area contributed by atoms with Crippen LogP contribution in [-0.4, -0.2) is 38.2 Å². The lowest BCUT2D eigenvalue weighted by atomic mass is 10.2. The zero-order chi connectivity index (χ0) is 19.5. The van der Waals surface area contributed by atoms with E-state index < -0.39 is 33.2 Å². The number of carbonyl (C=O) groups excluding carboxylic acids is 1. The molecule has 0 aliphatic heterocycles. The molecule has 1 unspecified atom stereocenters.